The highest BCUT2D eigenvalue weighted by molar-refractivity contribution is 6.06. The number of hydrogen-bond donors (Lipinski definition) is 1. The van der Waals surface area contributed by atoms with Crippen LogP contribution < -0.4 is 4.74 Å². The molecule has 0 aromatic heterocycles. The van der Waals surface area contributed by atoms with E-state index >= 15 is 0 Å². The molecule has 0 unspecified atom stereocenters. The molecular weight excluding hydrogens is 506 g/mol. The highest BCUT2D eigenvalue weighted by Gasteiger charge is 2.21. The number of benzene rings is 2. The number of carbonyl (C=O) groups excluding carboxylic acids is 2. The van der Waals surface area contributed by atoms with E-state index in [4.69, 9.17) is 4.74 Å². The number of rotatable bonds is 21. The van der Waals surface area contributed by atoms with Crippen LogP contribution in [-0.4, -0.2) is 21.8 Å². The Morgan fingerprint density at radius 1 is 0.825 bits per heavy atom. The van der Waals surface area contributed by atoms with Crippen LogP contribution in [0.4, 0.5) is 5.69 Å². The summed E-state index contributed by atoms with van der Waals surface area (Å²) in [6, 6.07) is 11.1. The van der Waals surface area contributed by atoms with Crippen LogP contribution in [0.5, 0.6) is 11.5 Å². The lowest BCUT2D eigenvalue weighted by molar-refractivity contribution is -0.385. The molecule has 0 bridgehead atoms. The van der Waals surface area contributed by atoms with E-state index < -0.39 is 22.3 Å². The molecule has 2 aromatic rings. The first-order valence-corrected chi connectivity index (χ1v) is 14.9. The van der Waals surface area contributed by atoms with E-state index in [0.29, 0.717) is 12.0 Å². The molecule has 0 amide bonds. The van der Waals surface area contributed by atoms with Gasteiger partial charge in [0.2, 0.25) is 5.75 Å². The van der Waals surface area contributed by atoms with Gasteiger partial charge in [-0.25, -0.2) is 0 Å². The second kappa shape index (κ2) is 19.6. The fraction of sp³-hybridized carbons (Fsp3) is 0.515. The summed E-state index contributed by atoms with van der Waals surface area (Å²) in [7, 11) is 0. The first-order valence-electron chi connectivity index (χ1n) is 14.9. The summed E-state index contributed by atoms with van der Waals surface area (Å²) in [5.74, 6) is -1.82. The van der Waals surface area contributed by atoms with Gasteiger partial charge in [0, 0.05) is 18.1 Å². The minimum atomic E-state index is -0.752. The van der Waals surface area contributed by atoms with Crippen LogP contribution in [0.25, 0.3) is 6.08 Å². The van der Waals surface area contributed by atoms with Gasteiger partial charge in [0.25, 0.3) is 0 Å². The number of unbranched alkanes of at least 4 members (excludes halogenated alkanes) is 14. The Morgan fingerprint density at radius 3 is 1.88 bits per heavy atom. The molecule has 1 N–H and O–H groups in total. The number of carbonyl (C=O) groups is 2. The van der Waals surface area contributed by atoms with Crippen molar-refractivity contribution in [2.24, 2.45) is 0 Å². The lowest BCUT2D eigenvalue weighted by Gasteiger charge is -2.08. The number of ketones is 1. The molecule has 2 rings (SSSR count). The molecule has 2 aromatic carbocycles. The van der Waals surface area contributed by atoms with Gasteiger partial charge in [0.05, 0.1) is 4.92 Å². The zero-order chi connectivity index (χ0) is 29.0. The zero-order valence-electron chi connectivity index (χ0n) is 23.9. The van der Waals surface area contributed by atoms with Crippen LogP contribution in [0.3, 0.4) is 0 Å². The molecule has 40 heavy (non-hydrogen) atoms. The second-order valence-corrected chi connectivity index (χ2v) is 10.4. The second-order valence-electron chi connectivity index (χ2n) is 10.4. The number of nitro benzene ring substituents is 1. The Balaban J connectivity index is 1.69. The molecule has 0 aliphatic carbocycles. The number of phenolic OH excluding ortho intramolecular Hbond substituents is 1. The number of allylic oxidation sites excluding steroid dienone is 1. The van der Waals surface area contributed by atoms with Crippen molar-refractivity contribution in [2.45, 2.75) is 110 Å². The van der Waals surface area contributed by atoms with Gasteiger partial charge in [-0.05, 0) is 24.1 Å². The van der Waals surface area contributed by atoms with Gasteiger partial charge in [-0.15, -0.1) is 0 Å². The lowest BCUT2D eigenvalue weighted by atomic mass is 10.0. The molecule has 7 heteroatoms. The monoisotopic (exact) mass is 551 g/mol. The largest absolute Gasteiger partial charge is 0.499 e. The fourth-order valence-electron chi connectivity index (χ4n) is 4.61. The summed E-state index contributed by atoms with van der Waals surface area (Å²) in [5.41, 5.74) is 0.148. The first-order chi connectivity index (χ1) is 19.4. The maximum absolute atomic E-state index is 12.4. The molecule has 0 saturated heterocycles. The van der Waals surface area contributed by atoms with Crippen LogP contribution in [0.2, 0.25) is 0 Å². The lowest BCUT2D eigenvalue weighted by Crippen LogP contribution is -2.08. The zero-order valence-corrected chi connectivity index (χ0v) is 23.9. The van der Waals surface area contributed by atoms with Gasteiger partial charge in [-0.1, -0.05) is 133 Å². The molecular formula is C33H45NO6. The normalized spacial score (nSPS) is 11.1. The van der Waals surface area contributed by atoms with Crippen LogP contribution >= 0.6 is 0 Å². The van der Waals surface area contributed by atoms with Crippen LogP contribution in [0.15, 0.2) is 48.5 Å². The molecule has 218 valence electrons. The Bertz CT molecular complexity index is 1080. The quantitative estimate of drug-likeness (QED) is 0.0315. The first kappa shape index (κ1) is 32.7. The molecule has 0 atom stereocenters. The molecule has 7 nitrogen and oxygen atoms in total. The summed E-state index contributed by atoms with van der Waals surface area (Å²) < 4.78 is 5.28. The van der Waals surface area contributed by atoms with Crippen LogP contribution in [-0.2, 0) is 4.79 Å². The third-order valence-corrected chi connectivity index (χ3v) is 6.97. The third-order valence-electron chi connectivity index (χ3n) is 6.97. The minimum Gasteiger partial charge on any atom is -0.499 e. The maximum Gasteiger partial charge on any atom is 0.315 e. The summed E-state index contributed by atoms with van der Waals surface area (Å²) >= 11 is 0. The summed E-state index contributed by atoms with van der Waals surface area (Å²) in [4.78, 5) is 35.4. The van der Waals surface area contributed by atoms with Gasteiger partial charge in [-0.2, -0.15) is 0 Å². The van der Waals surface area contributed by atoms with Gasteiger partial charge in [0.1, 0.15) is 0 Å². The molecule has 0 aliphatic heterocycles. The van der Waals surface area contributed by atoms with Crippen LogP contribution in [0.1, 0.15) is 126 Å². The van der Waals surface area contributed by atoms with Crippen molar-refractivity contribution in [3.8, 4) is 11.5 Å². The van der Waals surface area contributed by atoms with Crippen molar-refractivity contribution < 1.29 is 24.4 Å². The number of ether oxygens (including phenoxy) is 1. The van der Waals surface area contributed by atoms with E-state index in [1.54, 1.807) is 30.3 Å². The van der Waals surface area contributed by atoms with Gasteiger partial charge >= 0.3 is 11.7 Å². The summed E-state index contributed by atoms with van der Waals surface area (Å²) in [5, 5.41) is 21.7. The Morgan fingerprint density at radius 2 is 1.35 bits per heavy atom. The number of hydrogen-bond acceptors (Lipinski definition) is 6. The predicted molar refractivity (Wildman–Crippen MR) is 160 cm³/mol. The molecule has 0 saturated carbocycles. The molecule has 0 radical (unpaired) electrons. The van der Waals surface area contributed by atoms with E-state index in [-0.39, 0.29) is 23.5 Å². The number of esters is 1. The topological polar surface area (TPSA) is 107 Å². The Kier molecular flexibility index (Phi) is 16.0. The molecule has 0 fully saturated rings. The van der Waals surface area contributed by atoms with E-state index in [0.717, 1.165) is 25.3 Å². The van der Waals surface area contributed by atoms with E-state index in [1.807, 2.05) is 0 Å². The number of phenols is 1. The van der Waals surface area contributed by atoms with Crippen molar-refractivity contribution >= 4 is 23.5 Å². The minimum absolute atomic E-state index is 0.165. The van der Waals surface area contributed by atoms with Gasteiger partial charge < -0.3 is 9.84 Å². The van der Waals surface area contributed by atoms with Crippen molar-refractivity contribution in [3.05, 3.63) is 69.8 Å². The predicted octanol–water partition coefficient (Wildman–Crippen LogP) is 9.36. The SMILES string of the molecule is CCCCCCCCCCCCCCCCCC(=O)Oc1cc(/C=C/C(=O)c2ccccc2)cc([N+](=O)[O-])c1O. The standard InChI is InChI=1S/C33H45NO6/c1-2-3-4-5-6-7-8-9-10-11-12-13-14-15-19-22-32(36)40-31-26-27(25-29(33(31)37)34(38)39)23-24-30(35)28-20-17-16-18-21-28/h16-18,20-21,23-26,37H,2-15,19,22H2,1H3/b24-23+. The smallest absolute Gasteiger partial charge is 0.315 e. The number of nitrogens with zero attached hydrogens (tertiary/aromatic N) is 1. The van der Waals surface area contributed by atoms with E-state index in [2.05, 4.69) is 6.92 Å². The van der Waals surface area contributed by atoms with Crippen molar-refractivity contribution in [3.63, 3.8) is 0 Å². The summed E-state index contributed by atoms with van der Waals surface area (Å²) in [6.45, 7) is 2.25. The average molecular weight is 552 g/mol. The van der Waals surface area contributed by atoms with Crippen molar-refractivity contribution in [1.29, 1.82) is 0 Å². The average Bonchev–Trinajstić information content (AvgIpc) is 2.95. The Labute approximate surface area is 238 Å². The van der Waals surface area contributed by atoms with Crippen molar-refractivity contribution in [2.75, 3.05) is 0 Å². The number of aromatic hydroxyl groups is 1. The van der Waals surface area contributed by atoms with E-state index in [1.165, 1.54) is 88.8 Å². The van der Waals surface area contributed by atoms with E-state index in [9.17, 15) is 24.8 Å². The highest BCUT2D eigenvalue weighted by Crippen LogP contribution is 2.38. The van der Waals surface area contributed by atoms with Gasteiger partial charge in [-0.3, -0.25) is 19.7 Å². The maximum atomic E-state index is 12.4. The fourth-order valence-corrected chi connectivity index (χ4v) is 4.61. The summed E-state index contributed by atoms with van der Waals surface area (Å²) in [6.07, 6.45) is 21.2. The molecule has 0 heterocycles. The van der Waals surface area contributed by atoms with Crippen molar-refractivity contribution in [1.82, 2.24) is 0 Å². The van der Waals surface area contributed by atoms with Gasteiger partial charge in [0.15, 0.2) is 11.5 Å². The molecule has 0 spiro atoms. The third kappa shape index (κ3) is 13.0. The highest BCUT2D eigenvalue weighted by atomic mass is 16.6. The Hall–Kier alpha value is -3.48. The van der Waals surface area contributed by atoms with Crippen LogP contribution in [0, 0.1) is 10.1 Å². The molecule has 0 aliphatic rings. The number of nitro groups is 1.